The maximum Gasteiger partial charge on any atom is 0.159 e. The highest BCUT2D eigenvalue weighted by molar-refractivity contribution is 6.13. The maximum atomic E-state index is 7.33. The van der Waals surface area contributed by atoms with Crippen molar-refractivity contribution in [2.45, 2.75) is 43.9 Å². The molecule has 0 saturated carbocycles. The number of anilines is 3. The number of nitrogens with zero attached hydrogens (tertiary/aromatic N) is 1. The third kappa shape index (κ3) is 5.43. The predicted octanol–water partition coefficient (Wildman–Crippen LogP) is 17.7. The lowest BCUT2D eigenvalue weighted by Crippen LogP contribution is -2.28. The van der Waals surface area contributed by atoms with Crippen LogP contribution in [0.25, 0.3) is 66.4 Å². The Morgan fingerprint density at radius 2 is 0.739 bits per heavy atom. The molecule has 0 saturated heterocycles. The number of rotatable bonds is 6. The molecule has 0 aliphatic heterocycles. The summed E-state index contributed by atoms with van der Waals surface area (Å²) >= 11 is 0. The van der Waals surface area contributed by atoms with E-state index in [9.17, 15) is 0 Å². The van der Waals surface area contributed by atoms with Crippen molar-refractivity contribution in [1.29, 1.82) is 0 Å². The maximum absolute atomic E-state index is 7.33. The summed E-state index contributed by atoms with van der Waals surface area (Å²) in [7, 11) is 0. The number of fused-ring (bicyclic) bond motifs is 12. The summed E-state index contributed by atoms with van der Waals surface area (Å²) in [6.07, 6.45) is 0. The first-order valence-electron chi connectivity index (χ1n) is 24.3. The molecule has 2 nitrogen and oxygen atoms in total. The number of hydrogen-bond acceptors (Lipinski definition) is 2. The average Bonchev–Trinajstić information content (AvgIpc) is 4.07. The van der Waals surface area contributed by atoms with Crippen LogP contribution in [0.1, 0.15) is 72.2 Å². The molecule has 0 amide bonds. The first-order valence-corrected chi connectivity index (χ1v) is 24.3. The lowest BCUT2D eigenvalue weighted by atomic mass is 9.67. The fourth-order valence-corrected chi connectivity index (χ4v) is 12.9. The smallest absolute Gasteiger partial charge is 0.159 e. The van der Waals surface area contributed by atoms with Crippen LogP contribution in [-0.4, -0.2) is 0 Å². The fourth-order valence-electron chi connectivity index (χ4n) is 12.9. The quantitative estimate of drug-likeness (QED) is 0.165. The van der Waals surface area contributed by atoms with Crippen LogP contribution < -0.4 is 4.90 Å². The van der Waals surface area contributed by atoms with Crippen molar-refractivity contribution >= 4 is 39.0 Å². The second kappa shape index (κ2) is 14.4. The summed E-state index contributed by atoms with van der Waals surface area (Å²) in [6.45, 7) is 9.45. The normalized spacial score (nSPS) is 15.0. The van der Waals surface area contributed by atoms with Gasteiger partial charge in [0.25, 0.3) is 0 Å². The highest BCUT2D eigenvalue weighted by Gasteiger charge is 2.46. The number of hydrogen-bond donors (Lipinski definition) is 0. The summed E-state index contributed by atoms with van der Waals surface area (Å²) < 4.78 is 7.33. The van der Waals surface area contributed by atoms with E-state index in [-0.39, 0.29) is 10.8 Å². The van der Waals surface area contributed by atoms with Crippen LogP contribution in [0, 0.1) is 0 Å². The number of para-hydroxylation sites is 2. The minimum absolute atomic E-state index is 0.156. The van der Waals surface area contributed by atoms with Crippen LogP contribution in [0.5, 0.6) is 0 Å². The molecular formula is C67H49NO. The largest absolute Gasteiger partial charge is 0.453 e. The molecule has 1 heterocycles. The van der Waals surface area contributed by atoms with Crippen molar-refractivity contribution in [1.82, 2.24) is 0 Å². The van der Waals surface area contributed by atoms with Crippen molar-refractivity contribution in [3.63, 3.8) is 0 Å². The van der Waals surface area contributed by atoms with Gasteiger partial charge < -0.3 is 9.32 Å². The van der Waals surface area contributed by atoms with Gasteiger partial charge in [0, 0.05) is 38.5 Å². The minimum atomic E-state index is -0.457. The Hall–Kier alpha value is -8.20. The number of benzene rings is 10. The van der Waals surface area contributed by atoms with Gasteiger partial charge >= 0.3 is 0 Å². The van der Waals surface area contributed by atoms with Crippen LogP contribution in [0.15, 0.2) is 229 Å². The Bertz CT molecular complexity index is 3750. The standard InChI is InChI=1S/C67H49NO/c1-65(2)56-27-12-8-20-48(56)52-38-36-45(40-60(52)65)68(46-37-39-53-49-21-9-13-28-57(49)66(3,4)61(53)41-46)62-31-17-26-55-54-25-16-24-47(63(54)69-64(55)62)42-32-34-44(35-33-42)67(43-18-6-5-7-19-43)58-29-14-10-22-50(58)51-23-11-15-30-59(51)67/h5-41H,1-4H3. The molecule has 328 valence electrons. The van der Waals surface area contributed by atoms with Crippen molar-refractivity contribution in [2.75, 3.05) is 4.90 Å². The van der Waals surface area contributed by atoms with Crippen molar-refractivity contribution in [3.05, 3.63) is 269 Å². The molecule has 0 N–H and O–H groups in total. The molecule has 0 bridgehead atoms. The average molecular weight is 884 g/mol. The summed E-state index contributed by atoms with van der Waals surface area (Å²) in [5, 5.41) is 2.19. The molecule has 1 aromatic heterocycles. The van der Waals surface area contributed by atoms with Crippen LogP contribution in [-0.2, 0) is 16.2 Å². The Morgan fingerprint density at radius 3 is 1.29 bits per heavy atom. The van der Waals surface area contributed by atoms with Crippen LogP contribution in [0.3, 0.4) is 0 Å². The van der Waals surface area contributed by atoms with E-state index in [1.54, 1.807) is 0 Å². The Kier molecular flexibility index (Phi) is 8.33. The van der Waals surface area contributed by atoms with E-state index in [0.717, 1.165) is 50.1 Å². The van der Waals surface area contributed by atoms with Gasteiger partial charge in [-0.3, -0.25) is 0 Å². The molecule has 3 aliphatic carbocycles. The van der Waals surface area contributed by atoms with E-state index in [4.69, 9.17) is 4.42 Å². The molecule has 2 heteroatoms. The van der Waals surface area contributed by atoms with Crippen molar-refractivity contribution < 1.29 is 4.42 Å². The molecule has 0 unspecified atom stereocenters. The van der Waals surface area contributed by atoms with Gasteiger partial charge in [-0.05, 0) is 114 Å². The molecule has 10 aromatic carbocycles. The van der Waals surface area contributed by atoms with E-state index in [1.807, 2.05) is 0 Å². The lowest BCUT2D eigenvalue weighted by molar-refractivity contribution is 0.659. The van der Waals surface area contributed by atoms with E-state index in [0.29, 0.717) is 0 Å². The Balaban J connectivity index is 0.942. The van der Waals surface area contributed by atoms with E-state index in [2.05, 4.69) is 257 Å². The summed E-state index contributed by atoms with van der Waals surface area (Å²) in [4.78, 5) is 2.44. The third-order valence-electron chi connectivity index (χ3n) is 16.2. The molecule has 0 atom stereocenters. The van der Waals surface area contributed by atoms with Gasteiger partial charge in [0.2, 0.25) is 0 Å². The van der Waals surface area contributed by atoms with Gasteiger partial charge in [-0.1, -0.05) is 222 Å². The zero-order chi connectivity index (χ0) is 46.2. The van der Waals surface area contributed by atoms with Crippen LogP contribution in [0.4, 0.5) is 17.1 Å². The zero-order valence-electron chi connectivity index (χ0n) is 39.2. The SMILES string of the molecule is CC1(C)c2ccccc2-c2ccc(N(c3ccc4c(c3)C(C)(C)c3ccccc3-4)c3cccc4c3oc3c(-c5ccc(C6(c7ccccc7)c7ccccc7-c7ccccc76)cc5)cccc34)cc21. The van der Waals surface area contributed by atoms with Crippen LogP contribution >= 0.6 is 0 Å². The van der Waals surface area contributed by atoms with Gasteiger partial charge in [-0.25, -0.2) is 0 Å². The minimum Gasteiger partial charge on any atom is -0.453 e. The third-order valence-corrected chi connectivity index (χ3v) is 16.2. The Morgan fingerprint density at radius 1 is 0.319 bits per heavy atom. The monoisotopic (exact) mass is 883 g/mol. The molecule has 3 aliphatic rings. The first kappa shape index (κ1) is 39.9. The van der Waals surface area contributed by atoms with Gasteiger partial charge in [0.15, 0.2) is 5.58 Å². The summed E-state index contributed by atoms with van der Waals surface area (Å²) in [5.74, 6) is 0. The van der Waals surface area contributed by atoms with Gasteiger partial charge in [-0.2, -0.15) is 0 Å². The molecule has 69 heavy (non-hydrogen) atoms. The van der Waals surface area contributed by atoms with Crippen LogP contribution in [0.2, 0.25) is 0 Å². The summed E-state index contributed by atoms with van der Waals surface area (Å²) in [5.41, 5.74) is 24.8. The van der Waals surface area contributed by atoms with Gasteiger partial charge in [-0.15, -0.1) is 0 Å². The second-order valence-corrected chi connectivity index (χ2v) is 20.4. The van der Waals surface area contributed by atoms with Gasteiger partial charge in [0.1, 0.15) is 5.58 Å². The van der Waals surface area contributed by atoms with E-state index < -0.39 is 5.41 Å². The molecule has 0 fully saturated rings. The topological polar surface area (TPSA) is 16.4 Å². The predicted molar refractivity (Wildman–Crippen MR) is 286 cm³/mol. The molecule has 14 rings (SSSR count). The molecule has 0 spiro atoms. The van der Waals surface area contributed by atoms with Crippen molar-refractivity contribution in [2.24, 2.45) is 0 Å². The fraction of sp³-hybridized carbons (Fsp3) is 0.104. The van der Waals surface area contributed by atoms with Gasteiger partial charge in [0.05, 0.1) is 11.1 Å². The highest BCUT2D eigenvalue weighted by atomic mass is 16.3. The molecular weight excluding hydrogens is 835 g/mol. The number of furan rings is 1. The molecule has 0 radical (unpaired) electrons. The summed E-state index contributed by atoms with van der Waals surface area (Å²) in [6, 6.07) is 83.4. The Labute approximate surface area is 403 Å². The van der Waals surface area contributed by atoms with Crippen molar-refractivity contribution in [3.8, 4) is 44.5 Å². The highest BCUT2D eigenvalue weighted by Crippen LogP contribution is 2.57. The van der Waals surface area contributed by atoms with E-state index >= 15 is 0 Å². The lowest BCUT2D eigenvalue weighted by Gasteiger charge is -2.34. The first-order chi connectivity index (χ1) is 33.7. The zero-order valence-corrected chi connectivity index (χ0v) is 39.2. The van der Waals surface area contributed by atoms with E-state index in [1.165, 1.54) is 77.9 Å². The second-order valence-electron chi connectivity index (χ2n) is 20.4. The molecule has 11 aromatic rings.